The van der Waals surface area contributed by atoms with Gasteiger partial charge in [-0.3, -0.25) is 9.69 Å². The van der Waals surface area contributed by atoms with Crippen molar-refractivity contribution in [1.82, 2.24) is 9.80 Å². The van der Waals surface area contributed by atoms with Crippen molar-refractivity contribution < 1.29 is 53.9 Å². The molecule has 0 atom stereocenters. The van der Waals surface area contributed by atoms with Gasteiger partial charge in [0, 0.05) is 37.1 Å². The van der Waals surface area contributed by atoms with E-state index in [9.17, 15) is 9.59 Å². The van der Waals surface area contributed by atoms with E-state index in [1.807, 2.05) is 24.4 Å². The van der Waals surface area contributed by atoms with Gasteiger partial charge in [-0.15, -0.1) is 11.3 Å². The number of rotatable bonds is 6. The predicted molar refractivity (Wildman–Crippen MR) is 148 cm³/mol. The minimum atomic E-state index is -1.82. The summed E-state index contributed by atoms with van der Waals surface area (Å²) in [4.78, 5) is 66.1. The van der Waals surface area contributed by atoms with Gasteiger partial charge in [0.1, 0.15) is 10.6 Å². The maximum atomic E-state index is 12.7. The zero-order valence-corrected chi connectivity index (χ0v) is 23.8. The lowest BCUT2D eigenvalue weighted by Gasteiger charge is -2.31. The van der Waals surface area contributed by atoms with Crippen LogP contribution in [0.3, 0.4) is 0 Å². The Morgan fingerprint density at radius 1 is 0.878 bits per heavy atom. The highest BCUT2D eigenvalue weighted by atomic mass is 32.1. The monoisotopic (exact) mass is 595 g/mol. The van der Waals surface area contributed by atoms with Gasteiger partial charge in [0.2, 0.25) is 5.91 Å². The van der Waals surface area contributed by atoms with E-state index in [0.717, 1.165) is 42.9 Å². The van der Waals surface area contributed by atoms with Crippen LogP contribution in [-0.4, -0.2) is 112 Å². The number of nitrogens with one attached hydrogen (secondary N) is 1. The normalized spacial score (nSPS) is 13.0. The first-order valence-electron chi connectivity index (χ1n) is 12.2. The number of benzene rings is 1. The van der Waals surface area contributed by atoms with Crippen LogP contribution in [0.2, 0.25) is 0 Å². The summed E-state index contributed by atoms with van der Waals surface area (Å²) < 4.78 is 5.29. The van der Waals surface area contributed by atoms with E-state index in [-0.39, 0.29) is 12.5 Å². The third-order valence-corrected chi connectivity index (χ3v) is 6.57. The van der Waals surface area contributed by atoms with Crippen LogP contribution < -0.4 is 5.32 Å². The number of amides is 1. The topological polar surface area (TPSA) is 211 Å². The molecule has 5 N–H and O–H groups in total. The molecule has 1 aromatic heterocycles. The molecule has 0 bridgehead atoms. The summed E-state index contributed by atoms with van der Waals surface area (Å²) >= 11 is 1.37. The van der Waals surface area contributed by atoms with Crippen LogP contribution >= 0.6 is 11.3 Å². The highest BCUT2D eigenvalue weighted by Crippen LogP contribution is 2.37. The minimum absolute atomic E-state index is 0.103. The zero-order chi connectivity index (χ0) is 31.3. The number of anilines is 1. The summed E-state index contributed by atoms with van der Waals surface area (Å²) in [6, 6.07) is 6.11. The molecule has 1 aromatic carbocycles. The first-order chi connectivity index (χ1) is 19.2. The first-order valence-corrected chi connectivity index (χ1v) is 13.0. The molecule has 0 radical (unpaired) electrons. The quantitative estimate of drug-likeness (QED) is 0.238. The predicted octanol–water partition coefficient (Wildman–Crippen LogP) is 1.71. The van der Waals surface area contributed by atoms with Crippen LogP contribution in [0.1, 0.15) is 28.4 Å². The highest BCUT2D eigenvalue weighted by Gasteiger charge is 2.24. The van der Waals surface area contributed by atoms with E-state index in [4.69, 9.17) is 44.3 Å². The molecule has 1 aliphatic rings. The number of aryl methyl sites for hydroxylation is 2. The summed E-state index contributed by atoms with van der Waals surface area (Å²) in [5.41, 5.74) is 4.54. The summed E-state index contributed by atoms with van der Waals surface area (Å²) in [5, 5.41) is 35.0. The molecule has 0 saturated carbocycles. The average molecular weight is 596 g/mol. The molecule has 41 heavy (non-hydrogen) atoms. The highest BCUT2D eigenvalue weighted by molar-refractivity contribution is 7.15. The number of aliphatic carboxylic acids is 4. The number of likely N-dealkylation sites (N-methyl/N-ethyl adjacent to an activating group) is 1. The van der Waals surface area contributed by atoms with E-state index in [1.54, 1.807) is 6.92 Å². The fourth-order valence-corrected chi connectivity index (χ4v) is 4.33. The molecule has 1 saturated heterocycles. The number of hydrogen-bond donors (Lipinski definition) is 5. The van der Waals surface area contributed by atoms with Gasteiger partial charge >= 0.3 is 29.8 Å². The Morgan fingerprint density at radius 3 is 1.88 bits per heavy atom. The molecule has 1 amide bonds. The molecule has 224 valence electrons. The van der Waals surface area contributed by atoms with Crippen LogP contribution in [0.5, 0.6) is 0 Å². The standard InChI is InChI=1S/C22H29N3O3S.2C2H2O4/c1-5-28-22(27)20-18(17-7-6-15(2)16(3)12-17)14-29-21(20)23-19(26)13-25-10-8-24(4)9-11-25;2*3-1(4)2(5)6/h6-7,12,14H,5,8-11,13H2,1-4H3,(H,23,26);2*(H,3,4)(H,5,6). The molecule has 15 heteroatoms. The van der Waals surface area contributed by atoms with Gasteiger partial charge in [0.25, 0.3) is 0 Å². The summed E-state index contributed by atoms with van der Waals surface area (Å²) in [6.45, 7) is 10.2. The lowest BCUT2D eigenvalue weighted by Crippen LogP contribution is -2.47. The second-order valence-corrected chi connectivity index (χ2v) is 9.60. The number of carbonyl (C=O) groups is 6. The number of carboxylic acid groups (broad SMARTS) is 4. The van der Waals surface area contributed by atoms with Crippen LogP contribution in [-0.2, 0) is 28.7 Å². The third kappa shape index (κ3) is 11.7. The van der Waals surface area contributed by atoms with Gasteiger partial charge < -0.3 is 35.4 Å². The number of esters is 1. The van der Waals surface area contributed by atoms with Crippen molar-refractivity contribution in [3.63, 3.8) is 0 Å². The van der Waals surface area contributed by atoms with E-state index in [2.05, 4.69) is 35.2 Å². The van der Waals surface area contributed by atoms with Crippen LogP contribution in [0.4, 0.5) is 5.00 Å². The Labute approximate surface area is 239 Å². The van der Waals surface area contributed by atoms with Crippen molar-refractivity contribution in [1.29, 1.82) is 0 Å². The Balaban J connectivity index is 0.000000588. The number of ether oxygens (including phenoxy) is 1. The molecule has 14 nitrogen and oxygen atoms in total. The largest absolute Gasteiger partial charge is 0.473 e. The van der Waals surface area contributed by atoms with Gasteiger partial charge in [-0.1, -0.05) is 18.2 Å². The Kier molecular flexibility index (Phi) is 14.1. The fourth-order valence-electron chi connectivity index (χ4n) is 3.35. The maximum Gasteiger partial charge on any atom is 0.414 e. The number of piperazine rings is 1. The lowest BCUT2D eigenvalue weighted by molar-refractivity contribution is -0.159. The number of carbonyl (C=O) groups excluding carboxylic acids is 2. The smallest absolute Gasteiger partial charge is 0.414 e. The van der Waals surface area contributed by atoms with Gasteiger partial charge in [-0.25, -0.2) is 24.0 Å². The molecule has 2 heterocycles. The number of hydrogen-bond acceptors (Lipinski definition) is 10. The van der Waals surface area contributed by atoms with Crippen molar-refractivity contribution in [2.45, 2.75) is 20.8 Å². The van der Waals surface area contributed by atoms with Crippen molar-refractivity contribution >= 4 is 52.1 Å². The van der Waals surface area contributed by atoms with Crippen molar-refractivity contribution in [3.8, 4) is 11.1 Å². The van der Waals surface area contributed by atoms with E-state index in [1.165, 1.54) is 16.9 Å². The summed E-state index contributed by atoms with van der Waals surface area (Å²) in [7, 11) is 2.09. The second-order valence-electron chi connectivity index (χ2n) is 8.72. The molecule has 2 aromatic rings. The molecular formula is C26H33N3O11S. The number of thiophene rings is 1. The van der Waals surface area contributed by atoms with Crippen molar-refractivity contribution in [2.24, 2.45) is 0 Å². The van der Waals surface area contributed by atoms with Crippen molar-refractivity contribution in [2.75, 3.05) is 51.7 Å². The molecule has 0 aliphatic carbocycles. The Hall–Kier alpha value is -4.34. The van der Waals surface area contributed by atoms with Crippen LogP contribution in [0.15, 0.2) is 23.6 Å². The van der Waals surface area contributed by atoms with E-state index < -0.39 is 29.8 Å². The zero-order valence-electron chi connectivity index (χ0n) is 23.0. The van der Waals surface area contributed by atoms with Crippen LogP contribution in [0.25, 0.3) is 11.1 Å². The Bertz CT molecular complexity index is 1220. The maximum absolute atomic E-state index is 12.7. The first kappa shape index (κ1) is 34.7. The van der Waals surface area contributed by atoms with Gasteiger partial charge in [0.05, 0.1) is 13.2 Å². The Morgan fingerprint density at radius 2 is 1.41 bits per heavy atom. The minimum Gasteiger partial charge on any atom is -0.473 e. The van der Waals surface area contributed by atoms with Crippen molar-refractivity contribution in [3.05, 3.63) is 40.3 Å². The fraction of sp³-hybridized carbons (Fsp3) is 0.385. The summed E-state index contributed by atoms with van der Waals surface area (Å²) in [6.07, 6.45) is 0. The molecule has 0 unspecified atom stereocenters. The third-order valence-electron chi connectivity index (χ3n) is 5.67. The lowest BCUT2D eigenvalue weighted by atomic mass is 9.99. The average Bonchev–Trinajstić information content (AvgIpc) is 3.31. The summed E-state index contributed by atoms with van der Waals surface area (Å²) in [5.74, 6) is -7.81. The number of nitrogens with zero attached hydrogens (tertiary/aromatic N) is 2. The molecular weight excluding hydrogens is 562 g/mol. The SMILES string of the molecule is CCOC(=O)c1c(-c2ccc(C)c(C)c2)csc1NC(=O)CN1CCN(C)CC1.O=C(O)C(=O)O.O=C(O)C(=O)O. The molecule has 3 rings (SSSR count). The van der Waals surface area contributed by atoms with Gasteiger partial charge in [-0.2, -0.15) is 0 Å². The van der Waals surface area contributed by atoms with E-state index >= 15 is 0 Å². The van der Waals surface area contributed by atoms with Gasteiger partial charge in [0.15, 0.2) is 0 Å². The molecule has 1 aliphatic heterocycles. The van der Waals surface area contributed by atoms with Gasteiger partial charge in [-0.05, 0) is 44.5 Å². The molecule has 1 fully saturated rings. The second kappa shape index (κ2) is 16.7. The number of carboxylic acids is 4. The van der Waals surface area contributed by atoms with Crippen LogP contribution in [0, 0.1) is 13.8 Å². The molecule has 0 spiro atoms. The van der Waals surface area contributed by atoms with E-state index in [0.29, 0.717) is 17.1 Å².